The quantitative estimate of drug-likeness (QED) is 0.748. The van der Waals surface area contributed by atoms with Crippen LogP contribution in [0.25, 0.3) is 0 Å². The van der Waals surface area contributed by atoms with E-state index in [-0.39, 0.29) is 13.2 Å². The van der Waals surface area contributed by atoms with E-state index in [1.54, 1.807) is 12.5 Å². The molecule has 18 heavy (non-hydrogen) atoms. The van der Waals surface area contributed by atoms with Gasteiger partial charge in [0.1, 0.15) is 6.61 Å². The van der Waals surface area contributed by atoms with E-state index in [0.29, 0.717) is 11.3 Å². The van der Waals surface area contributed by atoms with Crippen molar-refractivity contribution in [3.05, 3.63) is 29.1 Å². The maximum atomic E-state index is 12.6. The number of rotatable bonds is 6. The number of alkyl halides is 3. The van der Waals surface area contributed by atoms with Gasteiger partial charge in [-0.05, 0) is 30.2 Å². The molecular formula is C10H12F3NO2S2. The van der Waals surface area contributed by atoms with Gasteiger partial charge in [0.25, 0.3) is 0 Å². The molecule has 0 saturated carbocycles. The van der Waals surface area contributed by atoms with Crippen LogP contribution in [0.1, 0.15) is 16.8 Å². The second-order valence-electron chi connectivity index (χ2n) is 3.19. The molecule has 0 spiro atoms. The number of pyridine rings is 1. The summed E-state index contributed by atoms with van der Waals surface area (Å²) in [5.74, 6) is 0. The van der Waals surface area contributed by atoms with Crippen LogP contribution in [0.2, 0.25) is 0 Å². The smallest absolute Gasteiger partial charge is 0.311 e. The molecule has 0 aromatic carbocycles. The van der Waals surface area contributed by atoms with Crippen molar-refractivity contribution >= 4 is 24.1 Å². The number of hydrogen-bond donors (Lipinski definition) is 0. The van der Waals surface area contributed by atoms with Crippen LogP contribution in [-0.4, -0.2) is 17.5 Å². The van der Waals surface area contributed by atoms with Crippen LogP contribution in [0.4, 0.5) is 13.2 Å². The largest absolute Gasteiger partial charge is 0.417 e. The Balaban J connectivity index is 2.96. The van der Waals surface area contributed by atoms with Gasteiger partial charge in [0.15, 0.2) is 0 Å². The van der Waals surface area contributed by atoms with Crippen molar-refractivity contribution in [2.24, 2.45) is 0 Å². The summed E-state index contributed by atoms with van der Waals surface area (Å²) in [5.41, 5.74) is 0.0507. The summed E-state index contributed by atoms with van der Waals surface area (Å²) >= 11 is 2.22. The average Bonchev–Trinajstić information content (AvgIpc) is 2.33. The molecule has 3 nitrogen and oxygen atoms in total. The molecule has 0 aliphatic carbocycles. The van der Waals surface area contributed by atoms with Crippen molar-refractivity contribution in [3.63, 3.8) is 0 Å². The Kier molecular flexibility index (Phi) is 6.27. The molecule has 8 heteroatoms. The molecule has 0 aliphatic rings. The van der Waals surface area contributed by atoms with Crippen molar-refractivity contribution in [2.45, 2.75) is 19.4 Å². The predicted molar refractivity (Wildman–Crippen MR) is 65.8 cm³/mol. The average molecular weight is 299 g/mol. The first kappa shape index (κ1) is 15.6. The number of halogens is 3. The van der Waals surface area contributed by atoms with E-state index in [0.717, 1.165) is 36.3 Å². The Morgan fingerprint density at radius 3 is 2.33 bits per heavy atom. The minimum Gasteiger partial charge on any atom is -0.311 e. The standard InChI is InChI=1S/C10H12F3NO2S2/c1-17-15-5-7-3-8(10(11,12)13)4-14-9(7)6-16-18-2/h3-4H,5-6H2,1-2H3. The van der Waals surface area contributed by atoms with Crippen molar-refractivity contribution in [1.82, 2.24) is 4.98 Å². The fourth-order valence-corrected chi connectivity index (χ4v) is 1.66. The van der Waals surface area contributed by atoms with Gasteiger partial charge in [-0.2, -0.15) is 13.2 Å². The van der Waals surface area contributed by atoms with Gasteiger partial charge in [-0.15, -0.1) is 0 Å². The Morgan fingerprint density at radius 2 is 1.78 bits per heavy atom. The van der Waals surface area contributed by atoms with Gasteiger partial charge in [-0.25, -0.2) is 0 Å². The molecule has 0 amide bonds. The van der Waals surface area contributed by atoms with E-state index in [1.165, 1.54) is 0 Å². The first-order chi connectivity index (χ1) is 8.49. The Hall–Kier alpha value is -0.440. The molecule has 1 heterocycles. The predicted octanol–water partition coefficient (Wildman–Crippen LogP) is 3.69. The number of aromatic nitrogens is 1. The fourth-order valence-electron chi connectivity index (χ4n) is 1.19. The second-order valence-corrected chi connectivity index (χ2v) is 4.32. The van der Waals surface area contributed by atoms with Gasteiger partial charge in [0.2, 0.25) is 0 Å². The minimum atomic E-state index is -4.40. The van der Waals surface area contributed by atoms with Crippen molar-refractivity contribution in [3.8, 4) is 0 Å². The molecule has 0 N–H and O–H groups in total. The summed E-state index contributed by atoms with van der Waals surface area (Å²) in [7, 11) is 0. The summed E-state index contributed by atoms with van der Waals surface area (Å²) in [5, 5.41) is 0. The highest BCUT2D eigenvalue weighted by molar-refractivity contribution is 7.94. The van der Waals surface area contributed by atoms with E-state index in [2.05, 4.69) is 4.98 Å². The second kappa shape index (κ2) is 7.22. The lowest BCUT2D eigenvalue weighted by Gasteiger charge is -2.12. The van der Waals surface area contributed by atoms with Crippen molar-refractivity contribution in [1.29, 1.82) is 0 Å². The third-order valence-corrected chi connectivity index (χ3v) is 2.74. The lowest BCUT2D eigenvalue weighted by molar-refractivity contribution is -0.137. The molecule has 102 valence electrons. The van der Waals surface area contributed by atoms with E-state index in [4.69, 9.17) is 8.37 Å². The Bertz CT molecular complexity index is 388. The van der Waals surface area contributed by atoms with Crippen LogP contribution >= 0.6 is 24.1 Å². The van der Waals surface area contributed by atoms with E-state index in [9.17, 15) is 13.2 Å². The lowest BCUT2D eigenvalue weighted by Crippen LogP contribution is -2.09. The molecule has 0 radical (unpaired) electrons. The molecule has 1 aromatic rings. The third kappa shape index (κ3) is 4.68. The van der Waals surface area contributed by atoms with Crippen LogP contribution in [0.5, 0.6) is 0 Å². The van der Waals surface area contributed by atoms with Gasteiger partial charge in [-0.3, -0.25) is 4.98 Å². The first-order valence-electron chi connectivity index (χ1n) is 4.85. The maximum Gasteiger partial charge on any atom is 0.417 e. The normalized spacial score (nSPS) is 11.8. The highest BCUT2D eigenvalue weighted by Crippen LogP contribution is 2.30. The molecule has 0 saturated heterocycles. The molecule has 1 aromatic heterocycles. The van der Waals surface area contributed by atoms with Crippen LogP contribution < -0.4 is 0 Å². The summed E-state index contributed by atoms with van der Waals surface area (Å²) in [4.78, 5) is 3.79. The summed E-state index contributed by atoms with van der Waals surface area (Å²) < 4.78 is 47.8. The number of nitrogens with zero attached hydrogens (tertiary/aromatic N) is 1. The van der Waals surface area contributed by atoms with E-state index in [1.807, 2.05) is 0 Å². The fraction of sp³-hybridized carbons (Fsp3) is 0.500. The third-order valence-electron chi connectivity index (χ3n) is 2.03. The van der Waals surface area contributed by atoms with E-state index < -0.39 is 11.7 Å². The highest BCUT2D eigenvalue weighted by atomic mass is 32.2. The Morgan fingerprint density at radius 1 is 1.17 bits per heavy atom. The molecule has 0 unspecified atom stereocenters. The molecule has 0 bridgehead atoms. The van der Waals surface area contributed by atoms with Gasteiger partial charge in [-0.1, -0.05) is 0 Å². The van der Waals surface area contributed by atoms with Crippen LogP contribution in [0.15, 0.2) is 12.3 Å². The summed E-state index contributed by atoms with van der Waals surface area (Å²) in [6, 6.07) is 1.04. The molecule has 1 rings (SSSR count). The van der Waals surface area contributed by atoms with Gasteiger partial charge in [0.05, 0.1) is 17.9 Å². The molecule has 0 fully saturated rings. The van der Waals surface area contributed by atoms with Crippen molar-refractivity contribution < 1.29 is 21.5 Å². The molecule has 0 atom stereocenters. The van der Waals surface area contributed by atoms with Crippen LogP contribution in [0.3, 0.4) is 0 Å². The van der Waals surface area contributed by atoms with E-state index >= 15 is 0 Å². The summed E-state index contributed by atoms with van der Waals surface area (Å²) in [6.07, 6.45) is -0.178. The zero-order chi connectivity index (χ0) is 13.6. The number of hydrogen-bond acceptors (Lipinski definition) is 5. The minimum absolute atomic E-state index is 0.0607. The van der Waals surface area contributed by atoms with Crippen LogP contribution in [-0.2, 0) is 27.8 Å². The van der Waals surface area contributed by atoms with Gasteiger partial charge in [0, 0.05) is 24.3 Å². The summed E-state index contributed by atoms with van der Waals surface area (Å²) in [6.45, 7) is 0.206. The van der Waals surface area contributed by atoms with Crippen molar-refractivity contribution in [2.75, 3.05) is 12.5 Å². The topological polar surface area (TPSA) is 31.4 Å². The lowest BCUT2D eigenvalue weighted by atomic mass is 10.1. The monoisotopic (exact) mass is 299 g/mol. The van der Waals surface area contributed by atoms with Crippen LogP contribution in [0, 0.1) is 0 Å². The maximum absolute atomic E-state index is 12.6. The highest BCUT2D eigenvalue weighted by Gasteiger charge is 2.31. The zero-order valence-corrected chi connectivity index (χ0v) is 11.4. The first-order valence-corrected chi connectivity index (χ1v) is 7.15. The van der Waals surface area contributed by atoms with Gasteiger partial charge < -0.3 is 8.37 Å². The van der Waals surface area contributed by atoms with Gasteiger partial charge >= 0.3 is 6.18 Å². The Labute approximate surface area is 112 Å². The molecular weight excluding hydrogens is 287 g/mol. The molecule has 0 aliphatic heterocycles. The SMILES string of the molecule is CSOCc1cc(C(F)(F)F)cnc1COSC. The zero-order valence-electron chi connectivity index (χ0n) is 9.78.